The van der Waals surface area contributed by atoms with Crippen molar-refractivity contribution in [3.05, 3.63) is 53.6 Å². The summed E-state index contributed by atoms with van der Waals surface area (Å²) in [6.07, 6.45) is 0.777. The standard InChI is InChI=1S/C20H24O4/c1-20(2,3)16-6-8-17(9-7-16)23-11-12-24-19-13-15(14-21)5-10-18(19)22-4/h5-10,13-14H,11-12H2,1-4H3. The second kappa shape index (κ2) is 7.86. The van der Waals surface area contributed by atoms with Gasteiger partial charge in [0, 0.05) is 5.56 Å². The van der Waals surface area contributed by atoms with Crippen molar-refractivity contribution in [2.75, 3.05) is 20.3 Å². The molecule has 2 aromatic carbocycles. The van der Waals surface area contributed by atoms with Crippen molar-refractivity contribution < 1.29 is 19.0 Å². The monoisotopic (exact) mass is 328 g/mol. The van der Waals surface area contributed by atoms with Gasteiger partial charge in [0.1, 0.15) is 25.2 Å². The highest BCUT2D eigenvalue weighted by molar-refractivity contribution is 5.76. The van der Waals surface area contributed by atoms with Gasteiger partial charge in [0.2, 0.25) is 0 Å². The fraction of sp³-hybridized carbons (Fsp3) is 0.350. The van der Waals surface area contributed by atoms with Gasteiger partial charge in [0.25, 0.3) is 0 Å². The van der Waals surface area contributed by atoms with Gasteiger partial charge in [-0.25, -0.2) is 0 Å². The zero-order valence-corrected chi connectivity index (χ0v) is 14.7. The van der Waals surface area contributed by atoms with Crippen molar-refractivity contribution in [1.82, 2.24) is 0 Å². The van der Waals surface area contributed by atoms with Crippen molar-refractivity contribution >= 4 is 6.29 Å². The Morgan fingerprint density at radius 2 is 1.58 bits per heavy atom. The molecule has 2 aromatic rings. The molecule has 0 aromatic heterocycles. The van der Waals surface area contributed by atoms with Crippen molar-refractivity contribution in [3.8, 4) is 17.2 Å². The molecule has 0 spiro atoms. The van der Waals surface area contributed by atoms with Crippen molar-refractivity contribution in [1.29, 1.82) is 0 Å². The van der Waals surface area contributed by atoms with Crippen molar-refractivity contribution in [3.63, 3.8) is 0 Å². The van der Waals surface area contributed by atoms with Gasteiger partial charge in [-0.1, -0.05) is 32.9 Å². The van der Waals surface area contributed by atoms with Crippen LogP contribution in [0.1, 0.15) is 36.7 Å². The summed E-state index contributed by atoms with van der Waals surface area (Å²) in [6, 6.07) is 13.1. The number of methoxy groups -OCH3 is 1. The molecule has 0 bridgehead atoms. The first-order chi connectivity index (χ1) is 11.4. The van der Waals surface area contributed by atoms with Crippen molar-refractivity contribution in [2.24, 2.45) is 0 Å². The average Bonchev–Trinajstić information content (AvgIpc) is 2.58. The normalized spacial score (nSPS) is 11.0. The van der Waals surface area contributed by atoms with Crippen LogP contribution in [0.5, 0.6) is 17.2 Å². The predicted molar refractivity (Wildman–Crippen MR) is 94.5 cm³/mol. The molecule has 0 aliphatic rings. The number of carbonyl (C=O) groups excluding carboxylic acids is 1. The quantitative estimate of drug-likeness (QED) is 0.562. The zero-order chi connectivity index (χ0) is 17.6. The molecular weight excluding hydrogens is 304 g/mol. The van der Waals surface area contributed by atoms with E-state index in [0.29, 0.717) is 30.3 Å². The Hall–Kier alpha value is -2.49. The van der Waals surface area contributed by atoms with E-state index in [2.05, 4.69) is 32.9 Å². The highest BCUT2D eigenvalue weighted by Crippen LogP contribution is 2.27. The molecule has 0 aliphatic carbocycles. The molecule has 0 radical (unpaired) electrons. The second-order valence-corrected chi connectivity index (χ2v) is 6.50. The molecule has 0 fully saturated rings. The summed E-state index contributed by atoms with van der Waals surface area (Å²) in [5.74, 6) is 1.93. The number of carbonyl (C=O) groups is 1. The molecule has 0 amide bonds. The van der Waals surface area contributed by atoms with E-state index in [1.165, 1.54) is 5.56 Å². The summed E-state index contributed by atoms with van der Waals surface area (Å²) in [5.41, 5.74) is 1.94. The number of hydrogen-bond acceptors (Lipinski definition) is 4. The Labute approximate surface area is 143 Å². The molecule has 4 heteroatoms. The molecule has 0 N–H and O–H groups in total. The van der Waals surface area contributed by atoms with Crippen LogP contribution < -0.4 is 14.2 Å². The summed E-state index contributed by atoms with van der Waals surface area (Å²) in [5, 5.41) is 0. The Kier molecular flexibility index (Phi) is 5.85. The minimum absolute atomic E-state index is 0.127. The lowest BCUT2D eigenvalue weighted by Gasteiger charge is -2.19. The highest BCUT2D eigenvalue weighted by Gasteiger charge is 2.13. The minimum Gasteiger partial charge on any atom is -0.493 e. The molecule has 0 saturated heterocycles. The molecule has 0 heterocycles. The number of hydrogen-bond donors (Lipinski definition) is 0. The first-order valence-corrected chi connectivity index (χ1v) is 7.93. The van der Waals surface area contributed by atoms with Crippen LogP contribution in [0, 0.1) is 0 Å². The Morgan fingerprint density at radius 3 is 2.17 bits per heavy atom. The van der Waals surface area contributed by atoms with Crippen LogP contribution in [0.15, 0.2) is 42.5 Å². The molecule has 0 saturated carbocycles. The molecule has 24 heavy (non-hydrogen) atoms. The molecule has 128 valence electrons. The summed E-state index contributed by atoms with van der Waals surface area (Å²) < 4.78 is 16.6. The van der Waals surface area contributed by atoms with Crippen LogP contribution >= 0.6 is 0 Å². The van der Waals surface area contributed by atoms with Gasteiger partial charge in [0.15, 0.2) is 11.5 Å². The lowest BCUT2D eigenvalue weighted by Crippen LogP contribution is -2.12. The Morgan fingerprint density at radius 1 is 0.917 bits per heavy atom. The van der Waals surface area contributed by atoms with Crippen LogP contribution in [-0.2, 0) is 5.41 Å². The lowest BCUT2D eigenvalue weighted by atomic mass is 9.87. The zero-order valence-electron chi connectivity index (χ0n) is 14.7. The van der Waals surface area contributed by atoms with Crippen LogP contribution in [0.4, 0.5) is 0 Å². The maximum Gasteiger partial charge on any atom is 0.162 e. The summed E-state index contributed by atoms with van der Waals surface area (Å²) in [6.45, 7) is 7.30. The smallest absolute Gasteiger partial charge is 0.162 e. The SMILES string of the molecule is COc1ccc(C=O)cc1OCCOc1ccc(C(C)(C)C)cc1. The van der Waals surface area contributed by atoms with E-state index < -0.39 is 0 Å². The first kappa shape index (κ1) is 17.9. The van der Waals surface area contributed by atoms with Gasteiger partial charge in [-0.05, 0) is 41.3 Å². The van der Waals surface area contributed by atoms with E-state index in [1.54, 1.807) is 25.3 Å². The topological polar surface area (TPSA) is 44.8 Å². The third-order valence-corrected chi connectivity index (χ3v) is 3.65. The van der Waals surface area contributed by atoms with E-state index in [0.717, 1.165) is 12.0 Å². The average molecular weight is 328 g/mol. The fourth-order valence-electron chi connectivity index (χ4n) is 2.24. The van der Waals surface area contributed by atoms with E-state index >= 15 is 0 Å². The predicted octanol–water partition coefficient (Wildman–Crippen LogP) is 4.26. The van der Waals surface area contributed by atoms with Crippen LogP contribution in [0.3, 0.4) is 0 Å². The molecule has 0 aliphatic heterocycles. The van der Waals surface area contributed by atoms with E-state index in [4.69, 9.17) is 14.2 Å². The van der Waals surface area contributed by atoms with Gasteiger partial charge in [-0.3, -0.25) is 4.79 Å². The second-order valence-electron chi connectivity index (χ2n) is 6.50. The first-order valence-electron chi connectivity index (χ1n) is 7.93. The van der Waals surface area contributed by atoms with Gasteiger partial charge < -0.3 is 14.2 Å². The highest BCUT2D eigenvalue weighted by atomic mass is 16.5. The van der Waals surface area contributed by atoms with Gasteiger partial charge in [-0.15, -0.1) is 0 Å². The molecule has 0 atom stereocenters. The van der Waals surface area contributed by atoms with Crippen molar-refractivity contribution in [2.45, 2.75) is 26.2 Å². The van der Waals surface area contributed by atoms with Crippen LogP contribution in [-0.4, -0.2) is 26.6 Å². The number of aldehydes is 1. The maximum atomic E-state index is 10.9. The number of ether oxygens (including phenoxy) is 3. The van der Waals surface area contributed by atoms with E-state index in [-0.39, 0.29) is 5.41 Å². The van der Waals surface area contributed by atoms with E-state index in [1.807, 2.05) is 12.1 Å². The van der Waals surface area contributed by atoms with Crippen LogP contribution in [0.25, 0.3) is 0 Å². The summed E-state index contributed by atoms with van der Waals surface area (Å²) in [4.78, 5) is 10.9. The Balaban J connectivity index is 1.88. The molecule has 0 unspecified atom stereocenters. The molecule has 4 nitrogen and oxygen atoms in total. The van der Waals surface area contributed by atoms with Gasteiger partial charge in [0.05, 0.1) is 7.11 Å². The number of rotatable bonds is 7. The third kappa shape index (κ3) is 4.75. The summed E-state index contributed by atoms with van der Waals surface area (Å²) >= 11 is 0. The molecule has 2 rings (SSSR count). The van der Waals surface area contributed by atoms with Gasteiger partial charge >= 0.3 is 0 Å². The lowest BCUT2D eigenvalue weighted by molar-refractivity contribution is 0.112. The van der Waals surface area contributed by atoms with Crippen LogP contribution in [0.2, 0.25) is 0 Å². The van der Waals surface area contributed by atoms with E-state index in [9.17, 15) is 4.79 Å². The van der Waals surface area contributed by atoms with Gasteiger partial charge in [-0.2, -0.15) is 0 Å². The Bertz CT molecular complexity index is 669. The largest absolute Gasteiger partial charge is 0.493 e. The maximum absolute atomic E-state index is 10.9. The number of benzene rings is 2. The summed E-state index contributed by atoms with van der Waals surface area (Å²) in [7, 11) is 1.57. The fourth-order valence-corrected chi connectivity index (χ4v) is 2.24. The molecular formula is C20H24O4. The third-order valence-electron chi connectivity index (χ3n) is 3.65. The minimum atomic E-state index is 0.127.